The number of nitrogens with one attached hydrogen (secondary N) is 1. The molecule has 0 unspecified atom stereocenters. The molecule has 4 aromatic rings. The molecule has 2 fully saturated rings. The van der Waals surface area contributed by atoms with Crippen LogP contribution < -0.4 is 10.6 Å². The van der Waals surface area contributed by atoms with Crippen molar-refractivity contribution in [3.8, 4) is 22.7 Å². The number of hydrogen-bond acceptors (Lipinski definition) is 7. The van der Waals surface area contributed by atoms with Crippen LogP contribution in [0.5, 0.6) is 5.75 Å². The Labute approximate surface area is 227 Å². The Morgan fingerprint density at radius 3 is 2.77 bits per heavy atom. The lowest BCUT2D eigenvalue weighted by Gasteiger charge is -2.40. The van der Waals surface area contributed by atoms with E-state index < -0.39 is 11.5 Å². The number of hydrogen-bond donors (Lipinski definition) is 2. The molecule has 200 valence electrons. The topological polar surface area (TPSA) is 120 Å². The highest BCUT2D eigenvalue weighted by Gasteiger charge is 2.33. The van der Waals surface area contributed by atoms with Gasteiger partial charge in [-0.3, -0.25) is 9.89 Å². The quantitative estimate of drug-likeness (QED) is 0.364. The molecule has 2 aliphatic rings. The molecule has 1 amide bonds. The summed E-state index contributed by atoms with van der Waals surface area (Å²) < 4.78 is 16.3. The van der Waals surface area contributed by atoms with Crippen LogP contribution in [0.2, 0.25) is 5.02 Å². The Morgan fingerprint density at radius 1 is 1.28 bits per heavy atom. The summed E-state index contributed by atoms with van der Waals surface area (Å²) in [5.74, 6) is -0.622. The summed E-state index contributed by atoms with van der Waals surface area (Å²) >= 11 is 6.66. The molecule has 4 heterocycles. The number of carbonyl (C=O) groups excluding carboxylic acids is 1. The molecule has 1 aromatic carbocycles. The van der Waals surface area contributed by atoms with Crippen molar-refractivity contribution in [3.63, 3.8) is 0 Å². The fraction of sp³-hybridized carbons (Fsp3) is 0.296. The van der Waals surface area contributed by atoms with Gasteiger partial charge in [-0.2, -0.15) is 10.1 Å². The molecule has 0 spiro atoms. The molecular formula is C27H25ClFN7O3. The lowest BCUT2D eigenvalue weighted by molar-refractivity contribution is -0.126. The zero-order valence-electron chi connectivity index (χ0n) is 21.1. The van der Waals surface area contributed by atoms with Crippen LogP contribution >= 0.6 is 11.6 Å². The van der Waals surface area contributed by atoms with E-state index in [-0.39, 0.29) is 45.5 Å². The number of aromatic nitrogens is 5. The molecule has 12 heteroatoms. The van der Waals surface area contributed by atoms with Crippen molar-refractivity contribution < 1.29 is 14.3 Å². The lowest BCUT2D eigenvalue weighted by atomic mass is 10.1. The number of amides is 1. The number of nitrogens with zero attached hydrogens (tertiary/aromatic N) is 6. The maximum Gasteiger partial charge on any atom is 0.355 e. The number of aromatic amines is 1. The summed E-state index contributed by atoms with van der Waals surface area (Å²) in [7, 11) is 0. The first-order valence-electron chi connectivity index (χ1n) is 12.6. The van der Waals surface area contributed by atoms with Crippen LogP contribution in [-0.2, 0) is 4.79 Å². The van der Waals surface area contributed by atoms with Gasteiger partial charge in [-0.15, -0.1) is 0 Å². The molecular weight excluding hydrogens is 525 g/mol. The Bertz CT molecular complexity index is 1680. The van der Waals surface area contributed by atoms with E-state index in [2.05, 4.69) is 26.7 Å². The fourth-order valence-corrected chi connectivity index (χ4v) is 5.44. The Balaban J connectivity index is 1.59. The number of piperazine rings is 1. The van der Waals surface area contributed by atoms with Gasteiger partial charge in [-0.25, -0.2) is 18.7 Å². The second kappa shape index (κ2) is 9.49. The monoisotopic (exact) mass is 549 g/mol. The maximum absolute atomic E-state index is 14.9. The number of anilines is 1. The molecule has 0 bridgehead atoms. The fourth-order valence-electron chi connectivity index (χ4n) is 5.20. The number of benzene rings is 1. The first kappa shape index (κ1) is 25.1. The van der Waals surface area contributed by atoms with Gasteiger partial charge in [-0.1, -0.05) is 24.2 Å². The summed E-state index contributed by atoms with van der Waals surface area (Å²) in [5.41, 5.74) is 0.685. The van der Waals surface area contributed by atoms with E-state index in [0.717, 1.165) is 18.5 Å². The van der Waals surface area contributed by atoms with Gasteiger partial charge in [0.15, 0.2) is 5.65 Å². The average molecular weight is 550 g/mol. The molecule has 1 aliphatic heterocycles. The maximum atomic E-state index is 14.9. The summed E-state index contributed by atoms with van der Waals surface area (Å²) in [6, 6.07) is 5.34. The Morgan fingerprint density at radius 2 is 2.08 bits per heavy atom. The number of fused-ring (bicyclic) bond motifs is 1. The lowest BCUT2D eigenvalue weighted by Crippen LogP contribution is -2.54. The smallest absolute Gasteiger partial charge is 0.355 e. The number of pyridine rings is 1. The van der Waals surface area contributed by atoms with Crippen molar-refractivity contribution >= 4 is 34.4 Å². The normalized spacial score (nSPS) is 17.6. The minimum absolute atomic E-state index is 0.00372. The third kappa shape index (κ3) is 4.22. The van der Waals surface area contributed by atoms with Gasteiger partial charge in [0.1, 0.15) is 17.4 Å². The number of phenolic OH excluding ortho intramolecular Hbond substituents is 1. The van der Waals surface area contributed by atoms with Crippen LogP contribution in [0.3, 0.4) is 0 Å². The number of rotatable bonds is 5. The van der Waals surface area contributed by atoms with Crippen LogP contribution in [0, 0.1) is 5.82 Å². The average Bonchev–Trinajstić information content (AvgIpc) is 3.65. The summed E-state index contributed by atoms with van der Waals surface area (Å²) in [5, 5.41) is 18.2. The zero-order chi connectivity index (χ0) is 27.4. The van der Waals surface area contributed by atoms with Gasteiger partial charge in [-0.05, 0) is 44.0 Å². The second-order valence-electron chi connectivity index (χ2n) is 9.84. The molecule has 2 N–H and O–H groups in total. The van der Waals surface area contributed by atoms with E-state index in [1.54, 1.807) is 17.2 Å². The van der Waals surface area contributed by atoms with E-state index >= 15 is 0 Å². The molecule has 1 aliphatic carbocycles. The third-order valence-corrected chi connectivity index (χ3v) is 7.56. The number of halogens is 2. The molecule has 0 radical (unpaired) electrons. The van der Waals surface area contributed by atoms with Crippen LogP contribution in [0.4, 0.5) is 10.2 Å². The van der Waals surface area contributed by atoms with Crippen molar-refractivity contribution in [3.05, 3.63) is 70.1 Å². The standard InChI is InChI=1S/C27H25ClFN7O3/c1-3-21(38)34-9-10-35(14(2)13-34)25-16-11-17(28)24(22-18(29)5-4-6-20(22)37)31-26(16)36(27(39)32-25)19-12-30-33-23(19)15-7-8-15/h3-6,11-12,14-15,37H,1,7-10,13H2,2H3,(H,30,33)/t14-/m0/s1. The third-order valence-electron chi connectivity index (χ3n) is 7.27. The van der Waals surface area contributed by atoms with Crippen molar-refractivity contribution in [2.45, 2.75) is 31.7 Å². The molecule has 1 atom stereocenters. The first-order chi connectivity index (χ1) is 18.8. The van der Waals surface area contributed by atoms with Crippen LogP contribution in [-0.4, -0.2) is 66.3 Å². The van der Waals surface area contributed by atoms with Crippen LogP contribution in [0.1, 0.15) is 31.4 Å². The van der Waals surface area contributed by atoms with Crippen molar-refractivity contribution in [1.29, 1.82) is 0 Å². The minimum atomic E-state index is -0.703. The Hall–Kier alpha value is -4.25. The van der Waals surface area contributed by atoms with Gasteiger partial charge in [0, 0.05) is 37.8 Å². The molecule has 6 rings (SSSR count). The predicted molar refractivity (Wildman–Crippen MR) is 145 cm³/mol. The summed E-state index contributed by atoms with van der Waals surface area (Å²) in [6.07, 6.45) is 4.81. The molecule has 3 aromatic heterocycles. The molecule has 10 nitrogen and oxygen atoms in total. The van der Waals surface area contributed by atoms with Gasteiger partial charge in [0.2, 0.25) is 5.91 Å². The van der Waals surface area contributed by atoms with Crippen LogP contribution in [0.25, 0.3) is 28.0 Å². The number of aromatic hydroxyl groups is 1. The number of carbonyl (C=O) groups is 1. The highest BCUT2D eigenvalue weighted by Crippen LogP contribution is 2.43. The Kier molecular flexibility index (Phi) is 6.10. The van der Waals surface area contributed by atoms with E-state index in [1.165, 1.54) is 28.8 Å². The molecule has 39 heavy (non-hydrogen) atoms. The van der Waals surface area contributed by atoms with Gasteiger partial charge < -0.3 is 14.9 Å². The van der Waals surface area contributed by atoms with Crippen molar-refractivity contribution in [1.82, 2.24) is 29.6 Å². The molecule has 1 saturated heterocycles. The largest absolute Gasteiger partial charge is 0.507 e. The van der Waals surface area contributed by atoms with Gasteiger partial charge >= 0.3 is 5.69 Å². The first-order valence-corrected chi connectivity index (χ1v) is 13.0. The molecule has 1 saturated carbocycles. The van der Waals surface area contributed by atoms with Crippen molar-refractivity contribution in [2.75, 3.05) is 24.5 Å². The summed E-state index contributed by atoms with van der Waals surface area (Å²) in [4.78, 5) is 38.7. The highest BCUT2D eigenvalue weighted by molar-refractivity contribution is 6.34. The van der Waals surface area contributed by atoms with Gasteiger partial charge in [0.05, 0.1) is 33.0 Å². The number of phenols is 1. The second-order valence-corrected chi connectivity index (χ2v) is 10.2. The number of H-pyrrole nitrogens is 1. The predicted octanol–water partition coefficient (Wildman–Crippen LogP) is 3.77. The highest BCUT2D eigenvalue weighted by atomic mass is 35.5. The zero-order valence-corrected chi connectivity index (χ0v) is 21.8. The summed E-state index contributed by atoms with van der Waals surface area (Å²) in [6.45, 7) is 6.74. The minimum Gasteiger partial charge on any atom is -0.507 e. The van der Waals surface area contributed by atoms with E-state index in [4.69, 9.17) is 11.6 Å². The SMILES string of the molecule is C=CC(=O)N1CCN(c2nc(=O)n(-c3c[nH]nc3C3CC3)c3nc(-c4c(O)cccc4F)c(Cl)cc23)[C@@H](C)C1. The van der Waals surface area contributed by atoms with E-state index in [9.17, 15) is 19.1 Å². The van der Waals surface area contributed by atoms with E-state index in [1.807, 2.05) is 11.8 Å². The van der Waals surface area contributed by atoms with E-state index in [0.29, 0.717) is 36.5 Å². The van der Waals surface area contributed by atoms with Gasteiger partial charge in [0.25, 0.3) is 0 Å². The van der Waals surface area contributed by atoms with Crippen molar-refractivity contribution in [2.24, 2.45) is 0 Å². The van der Waals surface area contributed by atoms with Crippen LogP contribution in [0.15, 0.2) is 47.9 Å².